The van der Waals surface area contributed by atoms with Crippen LogP contribution in [0.2, 0.25) is 5.02 Å². The molecule has 0 bridgehead atoms. The average molecular weight is 262 g/mol. The molecule has 0 fully saturated rings. The van der Waals surface area contributed by atoms with Crippen LogP contribution in [0.15, 0.2) is 39.5 Å². The summed E-state index contributed by atoms with van der Waals surface area (Å²) in [6, 6.07) is 7.27. The minimum atomic E-state index is 0.358. The van der Waals surface area contributed by atoms with Gasteiger partial charge in [-0.05, 0) is 12.1 Å². The molecule has 0 spiro atoms. The Bertz CT molecular complexity index is 690. The molecule has 0 aliphatic carbocycles. The number of benzene rings is 1. The molecule has 0 unspecified atom stereocenters. The highest BCUT2D eigenvalue weighted by Crippen LogP contribution is 2.27. The predicted octanol–water partition coefficient (Wildman–Crippen LogP) is 3.35. The molecule has 1 aromatic carbocycles. The van der Waals surface area contributed by atoms with E-state index in [1.807, 2.05) is 18.2 Å². The van der Waals surface area contributed by atoms with Crippen molar-refractivity contribution in [1.82, 2.24) is 15.1 Å². The van der Waals surface area contributed by atoms with E-state index < -0.39 is 0 Å². The molecule has 5 nitrogen and oxygen atoms in total. The lowest BCUT2D eigenvalue weighted by Crippen LogP contribution is -1.82. The molecule has 0 atom stereocenters. The first-order chi connectivity index (χ1) is 8.74. The van der Waals surface area contributed by atoms with Crippen molar-refractivity contribution in [2.24, 2.45) is 0 Å². The summed E-state index contributed by atoms with van der Waals surface area (Å²) < 4.78 is 10.3. The second-order valence-corrected chi connectivity index (χ2v) is 4.06. The second kappa shape index (κ2) is 4.27. The van der Waals surface area contributed by atoms with Crippen molar-refractivity contribution < 1.29 is 8.94 Å². The average Bonchev–Trinajstić information content (AvgIpc) is 2.98. The van der Waals surface area contributed by atoms with Crippen LogP contribution in [-0.2, 0) is 0 Å². The van der Waals surface area contributed by atoms with Crippen molar-refractivity contribution in [3.63, 3.8) is 0 Å². The van der Waals surface area contributed by atoms with Gasteiger partial charge in [-0.25, -0.2) is 4.98 Å². The summed E-state index contributed by atoms with van der Waals surface area (Å²) in [6.07, 6.45) is 1.48. The van der Waals surface area contributed by atoms with Crippen LogP contribution in [0.1, 0.15) is 5.89 Å². The third-order valence-electron chi connectivity index (χ3n) is 2.38. The van der Waals surface area contributed by atoms with Crippen molar-refractivity contribution in [3.8, 4) is 23.0 Å². The summed E-state index contributed by atoms with van der Waals surface area (Å²) in [5.41, 5.74) is 1.23. The SMILES string of the molecule is Cc1nc(-c2noc(-c3ccccc3Cl)n2)co1. The van der Waals surface area contributed by atoms with E-state index in [1.54, 1.807) is 13.0 Å². The highest BCUT2D eigenvalue weighted by atomic mass is 35.5. The zero-order chi connectivity index (χ0) is 12.5. The van der Waals surface area contributed by atoms with Gasteiger partial charge in [0.2, 0.25) is 5.82 Å². The van der Waals surface area contributed by atoms with Gasteiger partial charge in [-0.15, -0.1) is 0 Å². The first kappa shape index (κ1) is 11.0. The van der Waals surface area contributed by atoms with Gasteiger partial charge in [0, 0.05) is 6.92 Å². The zero-order valence-corrected chi connectivity index (χ0v) is 10.2. The zero-order valence-electron chi connectivity index (χ0n) is 9.42. The maximum Gasteiger partial charge on any atom is 0.259 e. The third kappa shape index (κ3) is 1.89. The summed E-state index contributed by atoms with van der Waals surface area (Å²) >= 11 is 6.06. The number of hydrogen-bond donors (Lipinski definition) is 0. The van der Waals surface area contributed by atoms with E-state index >= 15 is 0 Å². The minimum absolute atomic E-state index is 0.358. The lowest BCUT2D eigenvalue weighted by molar-refractivity contribution is 0.432. The van der Waals surface area contributed by atoms with Gasteiger partial charge in [0.15, 0.2) is 5.89 Å². The molecule has 3 aromatic rings. The Hall–Kier alpha value is -2.14. The molecule has 0 aliphatic heterocycles. The molecule has 18 heavy (non-hydrogen) atoms. The number of aryl methyl sites for hydroxylation is 1. The highest BCUT2D eigenvalue weighted by molar-refractivity contribution is 6.33. The standard InChI is InChI=1S/C12H8ClN3O2/c1-7-14-10(6-17-7)11-15-12(18-16-11)8-4-2-3-5-9(8)13/h2-6H,1H3. The van der Waals surface area contributed by atoms with E-state index in [2.05, 4.69) is 15.1 Å². The lowest BCUT2D eigenvalue weighted by atomic mass is 10.2. The van der Waals surface area contributed by atoms with Crippen molar-refractivity contribution in [2.75, 3.05) is 0 Å². The molecule has 0 N–H and O–H groups in total. The summed E-state index contributed by atoms with van der Waals surface area (Å²) in [5, 5.41) is 4.41. The van der Waals surface area contributed by atoms with Crippen molar-refractivity contribution in [3.05, 3.63) is 41.4 Å². The van der Waals surface area contributed by atoms with E-state index in [-0.39, 0.29) is 0 Å². The van der Waals surface area contributed by atoms with Gasteiger partial charge in [0.1, 0.15) is 12.0 Å². The van der Waals surface area contributed by atoms with Crippen LogP contribution in [0.5, 0.6) is 0 Å². The smallest absolute Gasteiger partial charge is 0.259 e. The van der Waals surface area contributed by atoms with Gasteiger partial charge in [0.25, 0.3) is 5.89 Å². The Morgan fingerprint density at radius 1 is 1.17 bits per heavy atom. The molecule has 0 aliphatic rings. The fourth-order valence-electron chi connectivity index (χ4n) is 1.54. The largest absolute Gasteiger partial charge is 0.449 e. The quantitative estimate of drug-likeness (QED) is 0.708. The summed E-state index contributed by atoms with van der Waals surface area (Å²) in [4.78, 5) is 8.37. The van der Waals surface area contributed by atoms with E-state index in [0.29, 0.717) is 33.9 Å². The highest BCUT2D eigenvalue weighted by Gasteiger charge is 2.15. The fraction of sp³-hybridized carbons (Fsp3) is 0.0833. The van der Waals surface area contributed by atoms with Crippen molar-refractivity contribution in [1.29, 1.82) is 0 Å². The normalized spacial score (nSPS) is 10.8. The third-order valence-corrected chi connectivity index (χ3v) is 2.71. The summed E-state index contributed by atoms with van der Waals surface area (Å²) in [7, 11) is 0. The summed E-state index contributed by atoms with van der Waals surface area (Å²) in [5.74, 6) is 1.28. The molecular formula is C12H8ClN3O2. The molecule has 6 heteroatoms. The molecular weight excluding hydrogens is 254 g/mol. The predicted molar refractivity (Wildman–Crippen MR) is 65.0 cm³/mol. The van der Waals surface area contributed by atoms with E-state index in [9.17, 15) is 0 Å². The van der Waals surface area contributed by atoms with Gasteiger partial charge in [-0.1, -0.05) is 28.9 Å². The molecule has 0 amide bonds. The number of aromatic nitrogens is 3. The minimum Gasteiger partial charge on any atom is -0.449 e. The number of oxazole rings is 1. The molecule has 90 valence electrons. The maximum absolute atomic E-state index is 6.06. The van der Waals surface area contributed by atoms with Gasteiger partial charge < -0.3 is 8.94 Å². The van der Waals surface area contributed by atoms with Crippen LogP contribution in [0.25, 0.3) is 23.0 Å². The van der Waals surface area contributed by atoms with E-state index in [0.717, 1.165) is 0 Å². The van der Waals surface area contributed by atoms with E-state index in [4.69, 9.17) is 20.5 Å². The molecule has 2 heterocycles. The Labute approximate surface area is 107 Å². The van der Waals surface area contributed by atoms with Crippen LogP contribution >= 0.6 is 11.6 Å². The second-order valence-electron chi connectivity index (χ2n) is 3.65. The Morgan fingerprint density at radius 3 is 2.72 bits per heavy atom. The maximum atomic E-state index is 6.06. The Kier molecular flexibility index (Phi) is 2.60. The fourth-order valence-corrected chi connectivity index (χ4v) is 1.75. The van der Waals surface area contributed by atoms with Crippen molar-refractivity contribution >= 4 is 11.6 Å². The van der Waals surface area contributed by atoms with Crippen LogP contribution < -0.4 is 0 Å². The lowest BCUT2D eigenvalue weighted by Gasteiger charge is -1.95. The van der Waals surface area contributed by atoms with E-state index in [1.165, 1.54) is 6.26 Å². The van der Waals surface area contributed by atoms with Gasteiger partial charge in [-0.3, -0.25) is 0 Å². The van der Waals surface area contributed by atoms with Gasteiger partial charge in [0.05, 0.1) is 10.6 Å². The van der Waals surface area contributed by atoms with Gasteiger partial charge >= 0.3 is 0 Å². The Balaban J connectivity index is 2.02. The molecule has 0 radical (unpaired) electrons. The number of halogens is 1. The first-order valence-electron chi connectivity index (χ1n) is 5.25. The van der Waals surface area contributed by atoms with Crippen LogP contribution in [-0.4, -0.2) is 15.1 Å². The first-order valence-corrected chi connectivity index (χ1v) is 5.63. The van der Waals surface area contributed by atoms with Crippen LogP contribution in [0.4, 0.5) is 0 Å². The molecule has 0 saturated heterocycles. The summed E-state index contributed by atoms with van der Waals surface area (Å²) in [6.45, 7) is 1.75. The topological polar surface area (TPSA) is 65.0 Å². The van der Waals surface area contributed by atoms with Crippen LogP contribution in [0.3, 0.4) is 0 Å². The number of nitrogens with zero attached hydrogens (tertiary/aromatic N) is 3. The van der Waals surface area contributed by atoms with Crippen molar-refractivity contribution in [2.45, 2.75) is 6.92 Å². The Morgan fingerprint density at radius 2 is 2.00 bits per heavy atom. The number of hydrogen-bond acceptors (Lipinski definition) is 5. The number of rotatable bonds is 2. The monoisotopic (exact) mass is 261 g/mol. The molecule has 3 rings (SSSR count). The van der Waals surface area contributed by atoms with Crippen LogP contribution in [0, 0.1) is 6.92 Å². The molecule has 0 saturated carbocycles. The van der Waals surface area contributed by atoms with Gasteiger partial charge in [-0.2, -0.15) is 4.98 Å². The molecule has 2 aromatic heterocycles.